The number of amides is 1. The van der Waals surface area contributed by atoms with Gasteiger partial charge >= 0.3 is 22.3 Å². The summed E-state index contributed by atoms with van der Waals surface area (Å²) in [5.41, 5.74) is 1.80. The lowest BCUT2D eigenvalue weighted by Crippen LogP contribution is -2.49. The molecule has 0 unspecified atom stereocenters. The summed E-state index contributed by atoms with van der Waals surface area (Å²) >= 11 is 0. The van der Waals surface area contributed by atoms with Gasteiger partial charge < -0.3 is 37.9 Å². The Morgan fingerprint density at radius 3 is 2.19 bits per heavy atom. The number of nitrogens with one attached hydrogen (secondary N) is 1. The van der Waals surface area contributed by atoms with Gasteiger partial charge in [0.25, 0.3) is 0 Å². The average molecular weight is 607 g/mol. The number of morpholine rings is 1. The molecule has 2 fully saturated rings. The summed E-state index contributed by atoms with van der Waals surface area (Å²) in [7, 11) is 0.299. The van der Waals surface area contributed by atoms with Gasteiger partial charge in [0, 0.05) is 30.5 Å². The molecule has 4 atom stereocenters. The number of ether oxygens (including phenoxy) is 8. The molecule has 2 aromatic carbocycles. The van der Waals surface area contributed by atoms with Crippen molar-refractivity contribution in [3.8, 4) is 28.7 Å². The number of cyclic esters (lactones) is 1. The Labute approximate surface area is 241 Å². The van der Waals surface area contributed by atoms with E-state index < -0.39 is 46.1 Å². The Morgan fingerprint density at radius 1 is 0.929 bits per heavy atom. The van der Waals surface area contributed by atoms with Gasteiger partial charge in [-0.15, -0.1) is 0 Å². The summed E-state index contributed by atoms with van der Waals surface area (Å²) in [6.45, 7) is 0.567. The predicted molar refractivity (Wildman–Crippen MR) is 142 cm³/mol. The first-order valence-electron chi connectivity index (χ1n) is 13.2. The van der Waals surface area contributed by atoms with Crippen LogP contribution in [0.15, 0.2) is 24.3 Å². The van der Waals surface area contributed by atoms with Crippen molar-refractivity contribution < 1.29 is 55.9 Å². The van der Waals surface area contributed by atoms with Crippen LogP contribution in [-0.4, -0.2) is 85.8 Å². The second-order valence-electron chi connectivity index (χ2n) is 10.0. The minimum atomic E-state index is -4.18. The second kappa shape index (κ2) is 11.0. The zero-order valence-corrected chi connectivity index (χ0v) is 23.9. The van der Waals surface area contributed by atoms with Crippen LogP contribution < -0.4 is 28.4 Å². The molecule has 15 heteroatoms. The van der Waals surface area contributed by atoms with E-state index in [4.69, 9.17) is 37.9 Å². The molecule has 0 saturated carbocycles. The highest BCUT2D eigenvalue weighted by Gasteiger charge is 2.54. The Hall–Kier alpha value is -3.95. The Balaban J connectivity index is 1.42. The van der Waals surface area contributed by atoms with Crippen LogP contribution in [0.2, 0.25) is 0 Å². The maximum atomic E-state index is 13.3. The molecule has 0 bridgehead atoms. The molecule has 226 valence electrons. The van der Waals surface area contributed by atoms with Crippen molar-refractivity contribution in [2.45, 2.75) is 12.0 Å². The molecule has 3 aliphatic heterocycles. The van der Waals surface area contributed by atoms with E-state index in [1.54, 1.807) is 24.3 Å². The number of carbonyl (C=O) groups excluding carboxylic acids is 2. The summed E-state index contributed by atoms with van der Waals surface area (Å²) in [4.78, 5) is 26.4. The molecule has 2 aromatic rings. The average Bonchev–Trinajstić information content (AvgIpc) is 3.61. The molecular formula is C27H30N2O12S. The van der Waals surface area contributed by atoms with Gasteiger partial charge in [-0.1, -0.05) is 0 Å². The Kier molecular flexibility index (Phi) is 7.41. The number of methoxy groups -OCH3 is 3. The van der Waals surface area contributed by atoms with Crippen LogP contribution in [0, 0.1) is 11.8 Å². The van der Waals surface area contributed by atoms with E-state index in [2.05, 4.69) is 0 Å². The van der Waals surface area contributed by atoms with Crippen molar-refractivity contribution in [1.82, 2.24) is 9.03 Å². The fourth-order valence-corrected chi connectivity index (χ4v) is 7.06. The number of nitrogens with zero attached hydrogens (tertiary/aromatic N) is 1. The number of fused-ring (bicyclic) bond motifs is 3. The van der Waals surface area contributed by atoms with Crippen LogP contribution in [0.5, 0.6) is 28.7 Å². The molecule has 42 heavy (non-hydrogen) atoms. The molecule has 1 N–H and O–H groups in total. The fourth-order valence-electron chi connectivity index (χ4n) is 6.04. The van der Waals surface area contributed by atoms with Crippen LogP contribution in [0.4, 0.5) is 4.79 Å². The van der Waals surface area contributed by atoms with Gasteiger partial charge in [-0.3, -0.25) is 4.79 Å². The van der Waals surface area contributed by atoms with Gasteiger partial charge in [0.1, 0.15) is 6.10 Å². The quantitative estimate of drug-likeness (QED) is 0.456. The number of rotatable bonds is 7. The molecular weight excluding hydrogens is 576 g/mol. The molecule has 4 aliphatic rings. The largest absolute Gasteiger partial charge is 0.493 e. The minimum absolute atomic E-state index is 0.00816. The van der Waals surface area contributed by atoms with E-state index in [0.717, 1.165) is 4.31 Å². The molecule has 0 spiro atoms. The SMILES string of the molecule is COc1cc([C@@H]2c3cc4c(cc3[C@H](OC(=O)NS(=O)(=O)N3CCOCC3)[C@H]3COC(=O)[C@H]23)OCO4)cc(OC)c1OC. The van der Waals surface area contributed by atoms with E-state index in [-0.39, 0.29) is 39.7 Å². The fraction of sp³-hybridized carbons (Fsp3) is 0.481. The van der Waals surface area contributed by atoms with Gasteiger partial charge in [-0.2, -0.15) is 12.7 Å². The molecule has 3 heterocycles. The highest BCUT2D eigenvalue weighted by molar-refractivity contribution is 7.87. The predicted octanol–water partition coefficient (Wildman–Crippen LogP) is 1.72. The zero-order valence-electron chi connectivity index (χ0n) is 23.1. The minimum Gasteiger partial charge on any atom is -0.493 e. The maximum absolute atomic E-state index is 13.3. The van der Waals surface area contributed by atoms with Gasteiger partial charge in [-0.25, -0.2) is 9.52 Å². The van der Waals surface area contributed by atoms with Crippen LogP contribution in [0.1, 0.15) is 28.7 Å². The normalized spacial score (nSPS) is 24.7. The zero-order chi connectivity index (χ0) is 29.6. The van der Waals surface area contributed by atoms with Crippen molar-refractivity contribution in [3.05, 3.63) is 41.0 Å². The highest BCUT2D eigenvalue weighted by Crippen LogP contribution is 2.56. The number of hydrogen-bond donors (Lipinski definition) is 1. The topological polar surface area (TPSA) is 157 Å². The maximum Gasteiger partial charge on any atom is 0.422 e. The standard InChI is InChI=1S/C27H30N2O12S/c1-34-20-8-14(9-21(35-2)25(20)36-3)22-15-10-18-19(40-13-39-18)11-16(15)24(17-12-38-26(30)23(17)22)41-27(31)28-42(32,33)29-4-6-37-7-5-29/h8-11,17,22-24H,4-7,12-13H2,1-3H3,(H,28,31)/t17-,22+,23-,24-/m0/s1. The van der Waals surface area contributed by atoms with Crippen molar-refractivity contribution in [2.24, 2.45) is 11.8 Å². The van der Waals surface area contributed by atoms with E-state index in [1.165, 1.54) is 21.3 Å². The van der Waals surface area contributed by atoms with Crippen molar-refractivity contribution in [2.75, 3.05) is 61.0 Å². The van der Waals surface area contributed by atoms with Crippen molar-refractivity contribution in [3.63, 3.8) is 0 Å². The van der Waals surface area contributed by atoms with Gasteiger partial charge in [-0.05, 0) is 35.4 Å². The third-order valence-corrected chi connectivity index (χ3v) is 9.39. The summed E-state index contributed by atoms with van der Waals surface area (Å²) in [5.74, 6) is -0.479. The molecule has 1 amide bonds. The van der Waals surface area contributed by atoms with E-state index >= 15 is 0 Å². The lowest BCUT2D eigenvalue weighted by atomic mass is 9.66. The van der Waals surface area contributed by atoms with E-state index in [9.17, 15) is 18.0 Å². The van der Waals surface area contributed by atoms with Crippen LogP contribution in [0.3, 0.4) is 0 Å². The summed E-state index contributed by atoms with van der Waals surface area (Å²) in [6.07, 6.45) is -2.22. The van der Waals surface area contributed by atoms with E-state index in [0.29, 0.717) is 45.4 Å². The second-order valence-corrected chi connectivity index (χ2v) is 11.7. The Bertz CT molecular complexity index is 1480. The van der Waals surface area contributed by atoms with Gasteiger partial charge in [0.2, 0.25) is 12.5 Å². The van der Waals surface area contributed by atoms with Gasteiger partial charge in [0.15, 0.2) is 23.0 Å². The molecule has 6 rings (SSSR count). The number of hydrogen-bond acceptors (Lipinski definition) is 12. The third kappa shape index (κ3) is 4.80. The van der Waals surface area contributed by atoms with Crippen LogP contribution in [-0.2, 0) is 29.2 Å². The van der Waals surface area contributed by atoms with Crippen LogP contribution >= 0.6 is 0 Å². The van der Waals surface area contributed by atoms with Crippen molar-refractivity contribution in [1.29, 1.82) is 0 Å². The van der Waals surface area contributed by atoms with Gasteiger partial charge in [0.05, 0.1) is 47.1 Å². The summed E-state index contributed by atoms with van der Waals surface area (Å²) < 4.78 is 73.1. The lowest BCUT2D eigenvalue weighted by molar-refractivity contribution is -0.141. The van der Waals surface area contributed by atoms with Crippen LogP contribution in [0.25, 0.3) is 0 Å². The number of esters is 1. The number of benzene rings is 2. The van der Waals surface area contributed by atoms with Crippen molar-refractivity contribution >= 4 is 22.3 Å². The number of carbonyl (C=O) groups is 2. The highest BCUT2D eigenvalue weighted by atomic mass is 32.2. The smallest absolute Gasteiger partial charge is 0.422 e. The summed E-state index contributed by atoms with van der Waals surface area (Å²) in [5, 5.41) is 0. The monoisotopic (exact) mass is 606 g/mol. The molecule has 0 aromatic heterocycles. The Morgan fingerprint density at radius 2 is 1.57 bits per heavy atom. The molecule has 0 radical (unpaired) electrons. The molecule has 2 saturated heterocycles. The van der Waals surface area contributed by atoms with E-state index in [1.807, 2.05) is 4.72 Å². The lowest BCUT2D eigenvalue weighted by Gasteiger charge is -2.38. The first-order chi connectivity index (χ1) is 20.2. The first kappa shape index (κ1) is 28.2. The first-order valence-corrected chi connectivity index (χ1v) is 14.7. The third-order valence-electron chi connectivity index (χ3n) is 7.92. The molecule has 14 nitrogen and oxygen atoms in total. The molecule has 1 aliphatic carbocycles. The summed E-state index contributed by atoms with van der Waals surface area (Å²) in [6, 6.07) is 6.94.